The molecule has 0 saturated carbocycles. The van der Waals surface area contributed by atoms with Gasteiger partial charge in [0.25, 0.3) is 5.91 Å². The van der Waals surface area contributed by atoms with Crippen LogP contribution >= 0.6 is 0 Å². The molecule has 6 nitrogen and oxygen atoms in total. The summed E-state index contributed by atoms with van der Waals surface area (Å²) in [5, 5.41) is 13.7. The van der Waals surface area contributed by atoms with Crippen LogP contribution in [0.4, 0.5) is 0 Å². The van der Waals surface area contributed by atoms with Gasteiger partial charge in [0.2, 0.25) is 5.76 Å². The molecule has 2 N–H and O–H groups in total. The van der Waals surface area contributed by atoms with E-state index in [1.54, 1.807) is 6.92 Å². The summed E-state index contributed by atoms with van der Waals surface area (Å²) in [6, 6.07) is 19.1. The van der Waals surface area contributed by atoms with E-state index in [1.165, 1.54) is 0 Å². The largest absolute Gasteiger partial charge is 0.475 e. The number of fused-ring (bicyclic) bond motifs is 1. The van der Waals surface area contributed by atoms with Crippen molar-refractivity contribution in [3.63, 3.8) is 0 Å². The van der Waals surface area contributed by atoms with Gasteiger partial charge >= 0.3 is 5.97 Å². The molecule has 4 rings (SSSR count). The van der Waals surface area contributed by atoms with E-state index in [1.807, 2.05) is 60.7 Å². The van der Waals surface area contributed by atoms with E-state index >= 15 is 0 Å². The van der Waals surface area contributed by atoms with Gasteiger partial charge < -0.3 is 9.52 Å². The lowest BCUT2D eigenvalue weighted by Gasteiger charge is -2.18. The van der Waals surface area contributed by atoms with E-state index in [4.69, 9.17) is 4.42 Å². The number of hydrogen-bond acceptors (Lipinski definition) is 4. The van der Waals surface area contributed by atoms with Crippen molar-refractivity contribution in [3.8, 4) is 0 Å². The molecule has 1 aromatic heterocycles. The molecule has 2 aromatic carbocycles. The van der Waals surface area contributed by atoms with Crippen molar-refractivity contribution >= 4 is 17.6 Å². The summed E-state index contributed by atoms with van der Waals surface area (Å²) in [7, 11) is 0. The molecule has 0 bridgehead atoms. The van der Waals surface area contributed by atoms with Crippen molar-refractivity contribution in [3.05, 3.63) is 94.4 Å². The highest BCUT2D eigenvalue weighted by molar-refractivity contribution is 6.06. The number of hydrogen-bond donors (Lipinski definition) is 2. The minimum absolute atomic E-state index is 0.0626. The van der Waals surface area contributed by atoms with Crippen molar-refractivity contribution in [1.29, 1.82) is 0 Å². The number of carbonyl (C=O) groups excluding carboxylic acids is 1. The third-order valence-electron chi connectivity index (χ3n) is 5.35. The molecule has 6 heteroatoms. The fraction of sp³-hybridized carbons (Fsp3) is 0.208. The van der Waals surface area contributed by atoms with Crippen LogP contribution in [-0.2, 0) is 11.2 Å². The quantitative estimate of drug-likeness (QED) is 0.623. The number of carboxylic acid groups (broad SMARTS) is 1. The van der Waals surface area contributed by atoms with Gasteiger partial charge in [0.15, 0.2) is 0 Å². The maximum absolute atomic E-state index is 13.2. The second kappa shape index (κ2) is 8.37. The molecule has 30 heavy (non-hydrogen) atoms. The number of nitrogens with one attached hydrogen (secondary N) is 1. The summed E-state index contributed by atoms with van der Waals surface area (Å²) in [6.07, 6.45) is 2.09. The van der Waals surface area contributed by atoms with Crippen LogP contribution in [0, 0.1) is 6.92 Å². The zero-order chi connectivity index (χ0) is 21.1. The third kappa shape index (κ3) is 3.76. The Morgan fingerprint density at radius 2 is 1.60 bits per heavy atom. The molecule has 0 saturated heterocycles. The average Bonchev–Trinajstić information content (AvgIpc) is 3.11. The van der Waals surface area contributed by atoms with Crippen LogP contribution in [0.1, 0.15) is 57.3 Å². The Bertz CT molecular complexity index is 1060. The molecule has 1 heterocycles. The van der Waals surface area contributed by atoms with Gasteiger partial charge in [0, 0.05) is 17.5 Å². The first-order valence-corrected chi connectivity index (χ1v) is 9.88. The maximum atomic E-state index is 13.2. The van der Waals surface area contributed by atoms with Gasteiger partial charge in [-0.2, -0.15) is 5.10 Å². The predicted molar refractivity (Wildman–Crippen MR) is 113 cm³/mol. The van der Waals surface area contributed by atoms with Crippen LogP contribution < -0.4 is 5.43 Å². The molecule has 0 atom stereocenters. The van der Waals surface area contributed by atoms with Crippen molar-refractivity contribution in [2.24, 2.45) is 5.10 Å². The van der Waals surface area contributed by atoms with Crippen LogP contribution in [0.25, 0.3) is 0 Å². The number of nitrogens with zero attached hydrogens (tertiary/aromatic N) is 1. The van der Waals surface area contributed by atoms with Gasteiger partial charge in [-0.1, -0.05) is 60.7 Å². The lowest BCUT2D eigenvalue weighted by Crippen LogP contribution is -2.28. The van der Waals surface area contributed by atoms with Gasteiger partial charge in [-0.25, -0.2) is 10.2 Å². The van der Waals surface area contributed by atoms with Gasteiger partial charge in [-0.15, -0.1) is 0 Å². The first kappa shape index (κ1) is 19.6. The molecule has 0 radical (unpaired) electrons. The Kier molecular flexibility index (Phi) is 5.48. The highest BCUT2D eigenvalue weighted by atomic mass is 16.4. The average molecular weight is 402 g/mol. The fourth-order valence-corrected chi connectivity index (χ4v) is 3.96. The van der Waals surface area contributed by atoms with Crippen LogP contribution in [0.5, 0.6) is 0 Å². The maximum Gasteiger partial charge on any atom is 0.372 e. The zero-order valence-corrected chi connectivity index (χ0v) is 16.6. The Morgan fingerprint density at radius 1 is 1.00 bits per heavy atom. The minimum atomic E-state index is -1.10. The summed E-state index contributed by atoms with van der Waals surface area (Å²) >= 11 is 0. The number of benzene rings is 2. The van der Waals surface area contributed by atoms with E-state index in [-0.39, 0.29) is 11.7 Å². The first-order chi connectivity index (χ1) is 14.6. The number of aryl methyl sites for hydroxylation is 1. The van der Waals surface area contributed by atoms with Crippen LogP contribution in [-0.4, -0.2) is 22.7 Å². The number of carbonyl (C=O) groups is 2. The molecule has 0 unspecified atom stereocenters. The summed E-state index contributed by atoms with van der Waals surface area (Å²) < 4.78 is 5.53. The molecule has 0 spiro atoms. The van der Waals surface area contributed by atoms with Crippen LogP contribution in [0.3, 0.4) is 0 Å². The zero-order valence-electron chi connectivity index (χ0n) is 16.6. The topological polar surface area (TPSA) is 91.9 Å². The Morgan fingerprint density at radius 3 is 2.17 bits per heavy atom. The minimum Gasteiger partial charge on any atom is -0.475 e. The van der Waals surface area contributed by atoms with E-state index in [9.17, 15) is 14.7 Å². The molecule has 152 valence electrons. The van der Waals surface area contributed by atoms with Gasteiger partial charge in [-0.05, 0) is 30.9 Å². The number of carboxylic acids is 1. The third-order valence-corrected chi connectivity index (χ3v) is 5.35. The van der Waals surface area contributed by atoms with Crippen LogP contribution in [0.15, 0.2) is 70.2 Å². The predicted octanol–water partition coefficient (Wildman–Crippen LogP) is 4.27. The van der Waals surface area contributed by atoms with Crippen molar-refractivity contribution in [2.45, 2.75) is 32.1 Å². The summed E-state index contributed by atoms with van der Waals surface area (Å²) in [4.78, 5) is 24.6. The molecular weight excluding hydrogens is 380 g/mol. The number of furan rings is 1. The van der Waals surface area contributed by atoms with Crippen molar-refractivity contribution in [2.75, 3.05) is 0 Å². The molecule has 1 amide bonds. The van der Waals surface area contributed by atoms with Gasteiger partial charge in [0.05, 0.1) is 11.6 Å². The standard InChI is InChI=1S/C24H22N2O4/c1-15-20-18(13-8-14-19(20)30-22(15)24(28)29)25-26-23(27)21(16-9-4-2-5-10-16)17-11-6-3-7-12-17/h2-7,9-12,21H,8,13-14H2,1H3,(H,26,27)(H,28,29)/b25-18+. The number of amides is 1. The molecule has 1 aliphatic rings. The van der Waals surface area contributed by atoms with Gasteiger partial charge in [0.1, 0.15) is 5.76 Å². The summed E-state index contributed by atoms with van der Waals surface area (Å²) in [5.41, 5.74) is 6.37. The fourth-order valence-electron chi connectivity index (χ4n) is 3.96. The van der Waals surface area contributed by atoms with E-state index < -0.39 is 11.9 Å². The highest BCUT2D eigenvalue weighted by Gasteiger charge is 2.28. The number of hydrazone groups is 1. The van der Waals surface area contributed by atoms with Crippen molar-refractivity contribution < 1.29 is 19.1 Å². The smallest absolute Gasteiger partial charge is 0.372 e. The van der Waals surface area contributed by atoms with Crippen LogP contribution in [0.2, 0.25) is 0 Å². The Labute approximate surface area is 174 Å². The Balaban J connectivity index is 1.65. The molecular formula is C24H22N2O4. The SMILES string of the molecule is Cc1c(C(=O)O)oc2c1/C(=N/NC(=O)C(c1ccccc1)c1ccccc1)CCC2. The monoisotopic (exact) mass is 402 g/mol. The van der Waals surface area contributed by atoms with E-state index in [0.717, 1.165) is 17.5 Å². The summed E-state index contributed by atoms with van der Waals surface area (Å²) in [5.74, 6) is -1.29. The van der Waals surface area contributed by atoms with Crippen molar-refractivity contribution in [1.82, 2.24) is 5.43 Å². The molecule has 1 aliphatic carbocycles. The normalized spacial score (nSPS) is 14.5. The second-order valence-corrected chi connectivity index (χ2v) is 7.30. The van der Waals surface area contributed by atoms with Gasteiger partial charge in [-0.3, -0.25) is 4.79 Å². The Hall–Kier alpha value is -3.67. The molecule has 0 fully saturated rings. The summed E-state index contributed by atoms with van der Waals surface area (Å²) in [6.45, 7) is 1.71. The number of aromatic carboxylic acids is 1. The molecule has 3 aromatic rings. The number of rotatable bonds is 5. The van der Waals surface area contributed by atoms with E-state index in [2.05, 4.69) is 10.5 Å². The highest BCUT2D eigenvalue weighted by Crippen LogP contribution is 2.30. The second-order valence-electron chi connectivity index (χ2n) is 7.30. The van der Waals surface area contributed by atoms with E-state index in [0.29, 0.717) is 35.4 Å². The first-order valence-electron chi connectivity index (χ1n) is 9.88. The molecule has 0 aliphatic heterocycles. The lowest BCUT2D eigenvalue weighted by atomic mass is 9.91. The lowest BCUT2D eigenvalue weighted by molar-refractivity contribution is -0.121.